The standard InChI is InChI=1S/C12H26O/c1-6-7-10(4)8-12(9(2)3)11(5)13/h9-13H,6-8H2,1-5H3. The van der Waals surface area contributed by atoms with Gasteiger partial charge < -0.3 is 5.11 Å². The van der Waals surface area contributed by atoms with Gasteiger partial charge in [0.05, 0.1) is 6.10 Å². The minimum atomic E-state index is -0.153. The molecule has 0 aromatic carbocycles. The Morgan fingerprint density at radius 2 is 1.62 bits per heavy atom. The Balaban J connectivity index is 3.94. The lowest BCUT2D eigenvalue weighted by Gasteiger charge is -2.26. The molecule has 1 heteroatoms. The van der Waals surface area contributed by atoms with Crippen molar-refractivity contribution in [2.75, 3.05) is 0 Å². The number of hydrogen-bond acceptors (Lipinski definition) is 1. The van der Waals surface area contributed by atoms with E-state index in [1.165, 1.54) is 19.3 Å². The molecule has 1 N–H and O–H groups in total. The summed E-state index contributed by atoms with van der Waals surface area (Å²) in [6.07, 6.45) is 3.56. The van der Waals surface area contributed by atoms with Crippen LogP contribution in [0.3, 0.4) is 0 Å². The lowest BCUT2D eigenvalue weighted by atomic mass is 9.82. The van der Waals surface area contributed by atoms with Gasteiger partial charge >= 0.3 is 0 Å². The molecule has 0 heterocycles. The summed E-state index contributed by atoms with van der Waals surface area (Å²) in [4.78, 5) is 0. The highest BCUT2D eigenvalue weighted by molar-refractivity contribution is 4.71. The van der Waals surface area contributed by atoms with E-state index in [0.717, 1.165) is 5.92 Å². The van der Waals surface area contributed by atoms with Crippen molar-refractivity contribution in [3.63, 3.8) is 0 Å². The Kier molecular flexibility index (Phi) is 6.40. The topological polar surface area (TPSA) is 20.2 Å². The molecule has 13 heavy (non-hydrogen) atoms. The van der Waals surface area contributed by atoms with E-state index in [4.69, 9.17) is 0 Å². The molecular weight excluding hydrogens is 160 g/mol. The van der Waals surface area contributed by atoms with Crippen LogP contribution >= 0.6 is 0 Å². The van der Waals surface area contributed by atoms with Gasteiger partial charge in [-0.2, -0.15) is 0 Å². The minimum Gasteiger partial charge on any atom is -0.393 e. The van der Waals surface area contributed by atoms with E-state index in [-0.39, 0.29) is 6.10 Å². The molecule has 0 amide bonds. The van der Waals surface area contributed by atoms with Crippen LogP contribution in [-0.2, 0) is 0 Å². The predicted octanol–water partition coefficient (Wildman–Crippen LogP) is 3.47. The molecule has 0 fully saturated rings. The normalized spacial score (nSPS) is 18.7. The molecule has 0 aliphatic carbocycles. The van der Waals surface area contributed by atoms with Crippen LogP contribution in [0, 0.1) is 17.8 Å². The van der Waals surface area contributed by atoms with Crippen molar-refractivity contribution in [1.29, 1.82) is 0 Å². The molecule has 0 aromatic heterocycles. The summed E-state index contributed by atoms with van der Waals surface area (Å²) < 4.78 is 0. The molecular formula is C12H26O. The highest BCUT2D eigenvalue weighted by Crippen LogP contribution is 2.25. The van der Waals surface area contributed by atoms with Gasteiger partial charge in [0.1, 0.15) is 0 Å². The Morgan fingerprint density at radius 3 is 1.92 bits per heavy atom. The van der Waals surface area contributed by atoms with Crippen LogP contribution in [0.25, 0.3) is 0 Å². The van der Waals surface area contributed by atoms with Crippen molar-refractivity contribution in [3.05, 3.63) is 0 Å². The minimum absolute atomic E-state index is 0.153. The maximum absolute atomic E-state index is 9.60. The molecule has 0 saturated heterocycles. The van der Waals surface area contributed by atoms with E-state index in [1.807, 2.05) is 6.92 Å². The van der Waals surface area contributed by atoms with Crippen LogP contribution in [-0.4, -0.2) is 11.2 Å². The fraction of sp³-hybridized carbons (Fsp3) is 1.00. The van der Waals surface area contributed by atoms with Crippen molar-refractivity contribution in [2.24, 2.45) is 17.8 Å². The Bertz CT molecular complexity index is 110. The SMILES string of the molecule is CCCC(C)CC(C(C)C)C(C)O. The van der Waals surface area contributed by atoms with Gasteiger partial charge in [-0.3, -0.25) is 0 Å². The summed E-state index contributed by atoms with van der Waals surface area (Å²) in [7, 11) is 0. The fourth-order valence-corrected chi connectivity index (χ4v) is 2.10. The van der Waals surface area contributed by atoms with Crippen LogP contribution in [0.1, 0.15) is 53.9 Å². The first-order chi connectivity index (χ1) is 5.99. The van der Waals surface area contributed by atoms with Crippen LogP contribution in [0.4, 0.5) is 0 Å². The van der Waals surface area contributed by atoms with E-state index in [2.05, 4.69) is 27.7 Å². The molecule has 0 saturated carbocycles. The summed E-state index contributed by atoms with van der Waals surface area (Å²) in [6, 6.07) is 0. The second kappa shape index (κ2) is 6.42. The molecule has 3 unspecified atom stereocenters. The van der Waals surface area contributed by atoms with Crippen LogP contribution in [0.5, 0.6) is 0 Å². The highest BCUT2D eigenvalue weighted by atomic mass is 16.3. The Morgan fingerprint density at radius 1 is 1.08 bits per heavy atom. The number of rotatable bonds is 6. The molecule has 0 aliphatic heterocycles. The zero-order valence-electron chi connectivity index (χ0n) is 9.88. The zero-order valence-corrected chi connectivity index (χ0v) is 9.88. The summed E-state index contributed by atoms with van der Waals surface area (Å²) in [5.41, 5.74) is 0. The summed E-state index contributed by atoms with van der Waals surface area (Å²) in [5.74, 6) is 1.83. The molecule has 0 bridgehead atoms. The van der Waals surface area contributed by atoms with Crippen molar-refractivity contribution < 1.29 is 5.11 Å². The van der Waals surface area contributed by atoms with Crippen molar-refractivity contribution in [2.45, 2.75) is 60.0 Å². The van der Waals surface area contributed by atoms with E-state index in [0.29, 0.717) is 11.8 Å². The summed E-state index contributed by atoms with van der Waals surface area (Å²) >= 11 is 0. The third-order valence-corrected chi connectivity index (χ3v) is 2.93. The highest BCUT2D eigenvalue weighted by Gasteiger charge is 2.20. The lowest BCUT2D eigenvalue weighted by molar-refractivity contribution is 0.0807. The monoisotopic (exact) mass is 186 g/mol. The predicted molar refractivity (Wildman–Crippen MR) is 58.7 cm³/mol. The van der Waals surface area contributed by atoms with Gasteiger partial charge in [-0.25, -0.2) is 0 Å². The molecule has 1 nitrogen and oxygen atoms in total. The van der Waals surface area contributed by atoms with E-state index < -0.39 is 0 Å². The molecule has 0 radical (unpaired) electrons. The first kappa shape index (κ1) is 13.0. The maximum atomic E-state index is 9.60. The molecule has 0 aliphatic rings. The van der Waals surface area contributed by atoms with Gasteiger partial charge in [-0.1, -0.05) is 40.5 Å². The maximum Gasteiger partial charge on any atom is 0.0542 e. The van der Waals surface area contributed by atoms with Crippen LogP contribution < -0.4 is 0 Å². The Labute approximate surface area is 83.5 Å². The van der Waals surface area contributed by atoms with Gasteiger partial charge in [-0.15, -0.1) is 0 Å². The summed E-state index contributed by atoms with van der Waals surface area (Å²) in [6.45, 7) is 10.8. The average Bonchev–Trinajstić information content (AvgIpc) is 1.99. The molecule has 80 valence electrons. The molecule has 0 spiro atoms. The quantitative estimate of drug-likeness (QED) is 0.673. The third-order valence-electron chi connectivity index (χ3n) is 2.93. The van der Waals surface area contributed by atoms with Crippen molar-refractivity contribution in [3.8, 4) is 0 Å². The first-order valence-corrected chi connectivity index (χ1v) is 5.67. The van der Waals surface area contributed by atoms with Gasteiger partial charge in [0.2, 0.25) is 0 Å². The number of hydrogen-bond donors (Lipinski definition) is 1. The number of aliphatic hydroxyl groups excluding tert-OH is 1. The zero-order chi connectivity index (χ0) is 10.4. The third kappa shape index (κ3) is 5.30. The smallest absolute Gasteiger partial charge is 0.0542 e. The van der Waals surface area contributed by atoms with E-state index in [9.17, 15) is 5.11 Å². The van der Waals surface area contributed by atoms with Gasteiger partial charge in [-0.05, 0) is 31.1 Å². The largest absolute Gasteiger partial charge is 0.393 e. The van der Waals surface area contributed by atoms with E-state index >= 15 is 0 Å². The van der Waals surface area contributed by atoms with Crippen molar-refractivity contribution in [1.82, 2.24) is 0 Å². The Hall–Kier alpha value is -0.0400. The second-order valence-electron chi connectivity index (χ2n) is 4.78. The van der Waals surface area contributed by atoms with Crippen molar-refractivity contribution >= 4 is 0 Å². The lowest BCUT2D eigenvalue weighted by Crippen LogP contribution is -2.24. The van der Waals surface area contributed by atoms with Gasteiger partial charge in [0.15, 0.2) is 0 Å². The van der Waals surface area contributed by atoms with E-state index in [1.54, 1.807) is 0 Å². The second-order valence-corrected chi connectivity index (χ2v) is 4.78. The molecule has 3 atom stereocenters. The van der Waals surface area contributed by atoms with Crippen LogP contribution in [0.15, 0.2) is 0 Å². The summed E-state index contributed by atoms with van der Waals surface area (Å²) in [5, 5.41) is 9.60. The van der Waals surface area contributed by atoms with Crippen LogP contribution in [0.2, 0.25) is 0 Å². The molecule has 0 rings (SSSR count). The van der Waals surface area contributed by atoms with Gasteiger partial charge in [0.25, 0.3) is 0 Å². The average molecular weight is 186 g/mol. The fourth-order valence-electron chi connectivity index (χ4n) is 2.10. The van der Waals surface area contributed by atoms with Gasteiger partial charge in [0, 0.05) is 0 Å². The molecule has 0 aromatic rings. The first-order valence-electron chi connectivity index (χ1n) is 5.67. The number of aliphatic hydroxyl groups is 1.